The highest BCUT2D eigenvalue weighted by Gasteiger charge is 2.46. The number of anilines is 2. The fourth-order valence-electron chi connectivity index (χ4n) is 4.75. The van der Waals surface area contributed by atoms with Crippen molar-refractivity contribution in [3.05, 3.63) is 30.0 Å². The van der Waals surface area contributed by atoms with E-state index in [0.29, 0.717) is 41.2 Å². The second-order valence-electron chi connectivity index (χ2n) is 9.60. The topological polar surface area (TPSA) is 112 Å². The molecule has 0 amide bonds. The molecule has 2 saturated carbocycles. The van der Waals surface area contributed by atoms with Gasteiger partial charge in [0, 0.05) is 19.1 Å². The van der Waals surface area contributed by atoms with Crippen LogP contribution in [0.4, 0.5) is 20.5 Å². The number of rotatable bonds is 9. The van der Waals surface area contributed by atoms with Crippen LogP contribution >= 0.6 is 11.3 Å². The maximum absolute atomic E-state index is 13.4. The maximum Gasteiger partial charge on any atom is 0.244 e. The molecule has 2 aliphatic carbocycles. The van der Waals surface area contributed by atoms with Crippen molar-refractivity contribution in [3.8, 4) is 10.6 Å². The molecule has 2 heterocycles. The molecule has 2 fully saturated rings. The molecule has 0 radical (unpaired) electrons. The maximum atomic E-state index is 13.4. The quantitative estimate of drug-likeness (QED) is 0.348. The van der Waals surface area contributed by atoms with E-state index < -0.39 is 30.6 Å². The lowest BCUT2D eigenvalue weighted by atomic mass is 10.1. The number of nitrogens with zero attached hydrogens (tertiary/aromatic N) is 3. The van der Waals surface area contributed by atoms with Gasteiger partial charge in [0.1, 0.15) is 16.9 Å². The van der Waals surface area contributed by atoms with Gasteiger partial charge in [-0.25, -0.2) is 18.7 Å². The molecule has 0 aliphatic heterocycles. The van der Waals surface area contributed by atoms with Gasteiger partial charge in [-0.1, -0.05) is 12.1 Å². The summed E-state index contributed by atoms with van der Waals surface area (Å²) in [4.78, 5) is 14.1. The second-order valence-corrected chi connectivity index (χ2v) is 10.6. The fraction of sp³-hybridized carbons (Fsp3) is 0.542. The number of methoxy groups -OCH3 is 1. The molecular weight excluding hydrogens is 476 g/mol. The first-order valence-corrected chi connectivity index (χ1v) is 12.5. The van der Waals surface area contributed by atoms with Crippen LogP contribution in [0.1, 0.15) is 25.0 Å². The summed E-state index contributed by atoms with van der Waals surface area (Å²) < 4.78 is 33.1. The predicted octanol–water partition coefficient (Wildman–Crippen LogP) is 3.69. The van der Waals surface area contributed by atoms with E-state index in [-0.39, 0.29) is 11.8 Å². The Labute approximate surface area is 205 Å². The van der Waals surface area contributed by atoms with Gasteiger partial charge in [-0.2, -0.15) is 4.98 Å². The lowest BCUT2D eigenvalue weighted by Crippen LogP contribution is -2.36. The lowest BCUT2D eigenvalue weighted by Gasteiger charge is -2.22. The number of aromatic nitrogens is 3. The minimum Gasteiger partial charge on any atom is -0.390 e. The van der Waals surface area contributed by atoms with Crippen LogP contribution in [0.5, 0.6) is 0 Å². The van der Waals surface area contributed by atoms with E-state index in [2.05, 4.69) is 20.6 Å². The zero-order chi connectivity index (χ0) is 24.7. The Morgan fingerprint density at radius 3 is 2.60 bits per heavy atom. The fourth-order valence-corrected chi connectivity index (χ4v) is 5.81. The Bertz CT molecular complexity index is 1170. The number of aryl methyl sites for hydroxylation is 1. The number of aliphatic hydroxyl groups is 2. The normalized spacial score (nSPS) is 25.3. The van der Waals surface area contributed by atoms with E-state index in [1.165, 1.54) is 11.3 Å². The minimum atomic E-state index is -2.73. The van der Waals surface area contributed by atoms with Crippen LogP contribution in [0.3, 0.4) is 0 Å². The van der Waals surface area contributed by atoms with Gasteiger partial charge >= 0.3 is 0 Å². The summed E-state index contributed by atoms with van der Waals surface area (Å²) in [7, 11) is 1.68. The molecule has 5 rings (SSSR count). The zero-order valence-corrected chi connectivity index (χ0v) is 20.4. The molecule has 1 aromatic carbocycles. The van der Waals surface area contributed by atoms with Crippen molar-refractivity contribution in [3.63, 3.8) is 0 Å². The number of hydrogen-bond acceptors (Lipinski definition) is 9. The third kappa shape index (κ3) is 4.82. The minimum absolute atomic E-state index is 0.0710. The van der Waals surface area contributed by atoms with Gasteiger partial charge in [0.05, 0.1) is 46.1 Å². The largest absolute Gasteiger partial charge is 0.390 e. The van der Waals surface area contributed by atoms with Gasteiger partial charge < -0.3 is 25.6 Å². The van der Waals surface area contributed by atoms with Crippen LogP contribution in [-0.4, -0.2) is 70.1 Å². The smallest absolute Gasteiger partial charge is 0.244 e. The van der Waals surface area contributed by atoms with Crippen LogP contribution in [0.2, 0.25) is 0 Å². The van der Waals surface area contributed by atoms with Crippen molar-refractivity contribution in [2.24, 2.45) is 11.3 Å². The number of benzene rings is 1. The monoisotopic (exact) mass is 505 g/mol. The molecule has 35 heavy (non-hydrogen) atoms. The third-order valence-electron chi connectivity index (χ3n) is 7.00. The number of hydrogen-bond donors (Lipinski definition) is 4. The summed E-state index contributed by atoms with van der Waals surface area (Å²) in [5, 5.41) is 27.8. The highest BCUT2D eigenvalue weighted by atomic mass is 32.1. The SMILES string of the molecule is COCC1(CNc2nc(C)c(-c3nc4ccccc4s3)c(N[C@@H]3C[C@H](C(F)F)[C@@H](O)[C@H]3O)n2)CC1. The van der Waals surface area contributed by atoms with Crippen molar-refractivity contribution in [1.29, 1.82) is 0 Å². The van der Waals surface area contributed by atoms with Crippen molar-refractivity contribution < 1.29 is 23.7 Å². The van der Waals surface area contributed by atoms with Crippen LogP contribution in [0.25, 0.3) is 20.8 Å². The number of aliphatic hydroxyl groups excluding tert-OH is 2. The van der Waals surface area contributed by atoms with Crippen LogP contribution < -0.4 is 10.6 Å². The molecule has 0 spiro atoms. The van der Waals surface area contributed by atoms with Gasteiger partial charge in [-0.15, -0.1) is 11.3 Å². The van der Waals surface area contributed by atoms with Crippen molar-refractivity contribution >= 4 is 33.3 Å². The van der Waals surface area contributed by atoms with Crippen LogP contribution in [0, 0.1) is 18.3 Å². The Morgan fingerprint density at radius 1 is 1.17 bits per heavy atom. The van der Waals surface area contributed by atoms with Crippen LogP contribution in [-0.2, 0) is 4.74 Å². The van der Waals surface area contributed by atoms with Crippen molar-refractivity contribution in [2.75, 3.05) is 30.9 Å². The molecule has 188 valence electrons. The number of para-hydroxylation sites is 1. The molecule has 4 atom stereocenters. The van der Waals surface area contributed by atoms with E-state index in [1.54, 1.807) is 7.11 Å². The first-order chi connectivity index (χ1) is 16.8. The predicted molar refractivity (Wildman–Crippen MR) is 131 cm³/mol. The standard InChI is InChI=1S/C24H29F2N5O3S/c1-12-17(22-30-14-5-3-4-6-16(14)35-22)21(29-15-9-13(20(25)26)18(32)19(15)33)31-23(28-12)27-10-24(7-8-24)11-34-2/h3-6,13,15,18-20,32-33H,7-11H2,1-2H3,(H2,27,28,29,31)/t13-,15+,18+,19-/m0/s1. The second kappa shape index (κ2) is 9.53. The zero-order valence-electron chi connectivity index (χ0n) is 19.5. The average molecular weight is 506 g/mol. The first kappa shape index (κ1) is 24.2. The van der Waals surface area contributed by atoms with Crippen molar-refractivity contribution in [1.82, 2.24) is 15.0 Å². The van der Waals surface area contributed by atoms with E-state index in [4.69, 9.17) is 9.72 Å². The van der Waals surface area contributed by atoms with Gasteiger partial charge in [-0.3, -0.25) is 0 Å². The summed E-state index contributed by atoms with van der Waals surface area (Å²) in [5.41, 5.74) is 2.22. The number of fused-ring (bicyclic) bond motifs is 1. The highest BCUT2D eigenvalue weighted by Crippen LogP contribution is 2.46. The molecular formula is C24H29F2N5O3S. The molecule has 3 aromatic rings. The van der Waals surface area contributed by atoms with Gasteiger partial charge in [-0.05, 0) is 38.3 Å². The molecule has 0 saturated heterocycles. The molecule has 2 aromatic heterocycles. The Kier molecular flexibility index (Phi) is 6.60. The van der Waals surface area contributed by atoms with E-state index in [0.717, 1.165) is 23.1 Å². The van der Waals surface area contributed by atoms with E-state index >= 15 is 0 Å². The Balaban J connectivity index is 1.49. The molecule has 0 unspecified atom stereocenters. The third-order valence-corrected chi connectivity index (χ3v) is 8.05. The van der Waals surface area contributed by atoms with Gasteiger partial charge in [0.25, 0.3) is 0 Å². The summed E-state index contributed by atoms with van der Waals surface area (Å²) in [5.74, 6) is -0.518. The summed E-state index contributed by atoms with van der Waals surface area (Å²) >= 11 is 1.48. The van der Waals surface area contributed by atoms with E-state index in [1.807, 2.05) is 31.2 Å². The van der Waals surface area contributed by atoms with E-state index in [9.17, 15) is 19.0 Å². The summed E-state index contributed by atoms with van der Waals surface area (Å²) in [6.07, 6.45) is -3.55. The van der Waals surface area contributed by atoms with Crippen molar-refractivity contribution in [2.45, 2.75) is 50.9 Å². The highest BCUT2D eigenvalue weighted by molar-refractivity contribution is 7.21. The number of halogens is 2. The Hall–Kier alpha value is -2.47. The average Bonchev–Trinajstić information content (AvgIpc) is 3.36. The summed E-state index contributed by atoms with van der Waals surface area (Å²) in [6.45, 7) is 3.15. The molecule has 0 bridgehead atoms. The van der Waals surface area contributed by atoms with Gasteiger partial charge in [0.2, 0.25) is 12.4 Å². The molecule has 4 N–H and O–H groups in total. The number of alkyl halides is 2. The molecule has 11 heteroatoms. The van der Waals surface area contributed by atoms with Crippen LogP contribution in [0.15, 0.2) is 24.3 Å². The number of ether oxygens (including phenoxy) is 1. The first-order valence-electron chi connectivity index (χ1n) is 11.7. The Morgan fingerprint density at radius 2 is 1.94 bits per heavy atom. The lowest BCUT2D eigenvalue weighted by molar-refractivity contribution is -0.0333. The number of nitrogens with one attached hydrogen (secondary N) is 2. The summed E-state index contributed by atoms with van der Waals surface area (Å²) in [6, 6.07) is 6.96. The van der Waals surface area contributed by atoms with Gasteiger partial charge in [0.15, 0.2) is 0 Å². The molecule has 2 aliphatic rings. The number of thiazole rings is 1. The molecule has 8 nitrogen and oxygen atoms in total.